The van der Waals surface area contributed by atoms with Gasteiger partial charge in [-0.1, -0.05) is 26.0 Å². The molecule has 0 saturated carbocycles. The van der Waals surface area contributed by atoms with Gasteiger partial charge in [-0.3, -0.25) is 4.79 Å². The number of rotatable bonds is 2. The molecule has 0 aromatic heterocycles. The second-order valence-corrected chi connectivity index (χ2v) is 5.35. The quantitative estimate of drug-likeness (QED) is 0.889. The van der Waals surface area contributed by atoms with Crippen molar-refractivity contribution in [3.05, 3.63) is 35.4 Å². The van der Waals surface area contributed by atoms with Crippen LogP contribution in [0.5, 0.6) is 0 Å². The Kier molecular flexibility index (Phi) is 3.88. The van der Waals surface area contributed by atoms with Gasteiger partial charge in [0.15, 0.2) is 0 Å². The number of benzene rings is 1. The van der Waals surface area contributed by atoms with E-state index in [1.54, 1.807) is 23.1 Å². The number of likely N-dealkylation sites (tertiary alicyclic amines) is 1. The van der Waals surface area contributed by atoms with Crippen LogP contribution in [-0.4, -0.2) is 35.0 Å². The summed E-state index contributed by atoms with van der Waals surface area (Å²) in [5.74, 6) is -0.160. The topological polar surface area (TPSA) is 57.6 Å². The summed E-state index contributed by atoms with van der Waals surface area (Å²) >= 11 is 0. The van der Waals surface area contributed by atoms with Crippen LogP contribution in [0.3, 0.4) is 0 Å². The molecule has 0 radical (unpaired) electrons. The molecule has 1 aliphatic rings. The molecular formula is C15H19NO3. The Morgan fingerprint density at radius 1 is 1.16 bits per heavy atom. The highest BCUT2D eigenvalue weighted by molar-refractivity contribution is 6.04. The molecule has 1 amide bonds. The average Bonchev–Trinajstić information content (AvgIpc) is 2.41. The summed E-state index contributed by atoms with van der Waals surface area (Å²) in [5, 5.41) is 9.14. The lowest BCUT2D eigenvalue weighted by molar-refractivity contribution is 0.0608. The predicted molar refractivity (Wildman–Crippen MR) is 72.2 cm³/mol. The van der Waals surface area contributed by atoms with Gasteiger partial charge in [0.25, 0.3) is 5.91 Å². The van der Waals surface area contributed by atoms with Crippen LogP contribution in [0, 0.1) is 11.8 Å². The molecule has 2 rings (SSSR count). The monoisotopic (exact) mass is 261 g/mol. The van der Waals surface area contributed by atoms with Gasteiger partial charge in [-0.05, 0) is 30.4 Å². The maximum absolute atomic E-state index is 12.4. The first-order valence-corrected chi connectivity index (χ1v) is 6.62. The molecule has 0 aliphatic carbocycles. The number of amides is 1. The van der Waals surface area contributed by atoms with Crippen LogP contribution < -0.4 is 0 Å². The van der Waals surface area contributed by atoms with E-state index in [0.717, 1.165) is 6.42 Å². The van der Waals surface area contributed by atoms with Gasteiger partial charge in [-0.2, -0.15) is 0 Å². The number of carbonyl (C=O) groups excluding carboxylic acids is 1. The Bertz CT molecular complexity index is 498. The number of hydrogen-bond donors (Lipinski definition) is 1. The van der Waals surface area contributed by atoms with Crippen molar-refractivity contribution in [2.24, 2.45) is 11.8 Å². The molecule has 1 aromatic rings. The molecule has 0 bridgehead atoms. The standard InChI is InChI=1S/C15H19NO3/c1-10-7-8-16(9-11(10)2)14(17)12-5-3-4-6-13(12)15(18)19/h3-6,10-11H,7-9H2,1-2H3,(H,18,19). The summed E-state index contributed by atoms with van der Waals surface area (Å²) in [6.07, 6.45) is 0.974. The second-order valence-electron chi connectivity index (χ2n) is 5.35. The average molecular weight is 261 g/mol. The zero-order valence-corrected chi connectivity index (χ0v) is 11.3. The van der Waals surface area contributed by atoms with Crippen LogP contribution in [0.1, 0.15) is 41.0 Å². The summed E-state index contributed by atoms with van der Waals surface area (Å²) in [4.78, 5) is 25.4. The molecule has 1 fully saturated rings. The van der Waals surface area contributed by atoms with E-state index in [0.29, 0.717) is 24.9 Å². The Balaban J connectivity index is 2.23. The fourth-order valence-corrected chi connectivity index (χ4v) is 2.47. The highest BCUT2D eigenvalue weighted by Crippen LogP contribution is 2.24. The zero-order valence-electron chi connectivity index (χ0n) is 11.3. The first-order valence-electron chi connectivity index (χ1n) is 6.62. The molecular weight excluding hydrogens is 242 g/mol. The molecule has 4 heteroatoms. The summed E-state index contributed by atoms with van der Waals surface area (Å²) in [5.41, 5.74) is 0.371. The Labute approximate surface area is 113 Å². The van der Waals surface area contributed by atoms with Crippen molar-refractivity contribution >= 4 is 11.9 Å². The third-order valence-corrected chi connectivity index (χ3v) is 4.01. The van der Waals surface area contributed by atoms with E-state index in [-0.39, 0.29) is 17.0 Å². The number of carbonyl (C=O) groups is 2. The van der Waals surface area contributed by atoms with Crippen molar-refractivity contribution in [1.29, 1.82) is 0 Å². The molecule has 19 heavy (non-hydrogen) atoms. The SMILES string of the molecule is CC1CCN(C(=O)c2ccccc2C(=O)O)CC1C. The van der Waals surface area contributed by atoms with Crippen LogP contribution in [0.15, 0.2) is 24.3 Å². The Morgan fingerprint density at radius 2 is 1.79 bits per heavy atom. The Morgan fingerprint density at radius 3 is 2.37 bits per heavy atom. The van der Waals surface area contributed by atoms with E-state index in [2.05, 4.69) is 13.8 Å². The number of hydrogen-bond acceptors (Lipinski definition) is 2. The Hall–Kier alpha value is -1.84. The molecule has 1 aliphatic heterocycles. The maximum atomic E-state index is 12.4. The lowest BCUT2D eigenvalue weighted by Gasteiger charge is -2.35. The predicted octanol–water partition coefficient (Wildman–Crippen LogP) is 2.50. The normalized spacial score (nSPS) is 23.2. The number of piperidine rings is 1. The minimum Gasteiger partial charge on any atom is -0.478 e. The van der Waals surface area contributed by atoms with Crippen molar-refractivity contribution in [2.45, 2.75) is 20.3 Å². The number of carboxylic acid groups (broad SMARTS) is 1. The second kappa shape index (κ2) is 5.43. The molecule has 102 valence electrons. The molecule has 4 nitrogen and oxygen atoms in total. The fraction of sp³-hybridized carbons (Fsp3) is 0.467. The number of nitrogens with zero attached hydrogens (tertiary/aromatic N) is 1. The van der Waals surface area contributed by atoms with Gasteiger partial charge in [-0.25, -0.2) is 4.79 Å². The van der Waals surface area contributed by atoms with E-state index in [4.69, 9.17) is 5.11 Å². The molecule has 1 heterocycles. The van der Waals surface area contributed by atoms with Crippen LogP contribution in [0.2, 0.25) is 0 Å². The van der Waals surface area contributed by atoms with Crippen LogP contribution in [-0.2, 0) is 0 Å². The van der Waals surface area contributed by atoms with Gasteiger partial charge >= 0.3 is 5.97 Å². The lowest BCUT2D eigenvalue weighted by Crippen LogP contribution is -2.42. The van der Waals surface area contributed by atoms with Crippen molar-refractivity contribution in [2.75, 3.05) is 13.1 Å². The molecule has 1 saturated heterocycles. The highest BCUT2D eigenvalue weighted by Gasteiger charge is 2.28. The van der Waals surface area contributed by atoms with Gasteiger partial charge in [0.05, 0.1) is 11.1 Å². The van der Waals surface area contributed by atoms with E-state index in [9.17, 15) is 9.59 Å². The van der Waals surface area contributed by atoms with E-state index in [1.807, 2.05) is 0 Å². The third-order valence-electron chi connectivity index (χ3n) is 4.01. The maximum Gasteiger partial charge on any atom is 0.336 e. The van der Waals surface area contributed by atoms with Gasteiger partial charge in [0, 0.05) is 13.1 Å². The molecule has 1 aromatic carbocycles. The number of carboxylic acids is 1. The van der Waals surface area contributed by atoms with Crippen molar-refractivity contribution in [3.8, 4) is 0 Å². The van der Waals surface area contributed by atoms with Gasteiger partial charge in [-0.15, -0.1) is 0 Å². The minimum atomic E-state index is -1.05. The zero-order chi connectivity index (χ0) is 14.0. The summed E-state index contributed by atoms with van der Waals surface area (Å²) in [6.45, 7) is 5.73. The first kappa shape index (κ1) is 13.6. The third kappa shape index (κ3) is 2.78. The fourth-order valence-electron chi connectivity index (χ4n) is 2.47. The summed E-state index contributed by atoms with van der Waals surface area (Å²) in [7, 11) is 0. The summed E-state index contributed by atoms with van der Waals surface area (Å²) in [6, 6.07) is 6.41. The van der Waals surface area contributed by atoms with E-state index < -0.39 is 5.97 Å². The van der Waals surface area contributed by atoms with Crippen molar-refractivity contribution < 1.29 is 14.7 Å². The largest absolute Gasteiger partial charge is 0.478 e. The highest BCUT2D eigenvalue weighted by atomic mass is 16.4. The molecule has 2 unspecified atom stereocenters. The van der Waals surface area contributed by atoms with Crippen LogP contribution in [0.25, 0.3) is 0 Å². The molecule has 1 N–H and O–H groups in total. The van der Waals surface area contributed by atoms with Crippen molar-refractivity contribution in [3.63, 3.8) is 0 Å². The van der Waals surface area contributed by atoms with E-state index in [1.165, 1.54) is 6.07 Å². The first-order chi connectivity index (χ1) is 9.00. The van der Waals surface area contributed by atoms with E-state index >= 15 is 0 Å². The van der Waals surface area contributed by atoms with Gasteiger partial charge < -0.3 is 10.0 Å². The van der Waals surface area contributed by atoms with Crippen molar-refractivity contribution in [1.82, 2.24) is 4.90 Å². The minimum absolute atomic E-state index is 0.0822. The summed E-state index contributed by atoms with van der Waals surface area (Å²) < 4.78 is 0. The van der Waals surface area contributed by atoms with Crippen LogP contribution in [0.4, 0.5) is 0 Å². The molecule has 2 atom stereocenters. The van der Waals surface area contributed by atoms with Crippen LogP contribution >= 0.6 is 0 Å². The van der Waals surface area contributed by atoms with Gasteiger partial charge in [0.1, 0.15) is 0 Å². The smallest absolute Gasteiger partial charge is 0.336 e. The lowest BCUT2D eigenvalue weighted by atomic mass is 9.88. The van der Waals surface area contributed by atoms with Gasteiger partial charge in [0.2, 0.25) is 0 Å². The molecule has 0 spiro atoms. The number of aromatic carboxylic acids is 1.